The highest BCUT2D eigenvalue weighted by Gasteiger charge is 2.44. The molecule has 0 unspecified atom stereocenters. The lowest BCUT2D eigenvalue weighted by molar-refractivity contribution is -0.122. The van der Waals surface area contributed by atoms with Crippen LogP contribution in [0.2, 0.25) is 4.34 Å². The average molecular weight is 448 g/mol. The molecule has 2 amide bonds. The van der Waals surface area contributed by atoms with Crippen molar-refractivity contribution in [1.29, 1.82) is 0 Å². The second-order valence-corrected chi connectivity index (χ2v) is 10.3. The molecular formula is C22H26ClN3O3S. The number of carbonyl (C=O) groups excluding carboxylic acids is 2. The van der Waals surface area contributed by atoms with Crippen LogP contribution < -0.4 is 16.0 Å². The predicted molar refractivity (Wildman–Crippen MR) is 120 cm³/mol. The van der Waals surface area contributed by atoms with E-state index in [9.17, 15) is 9.59 Å². The Bertz CT molecular complexity index is 966. The maximum atomic E-state index is 13.3. The third kappa shape index (κ3) is 4.25. The molecule has 1 fully saturated rings. The molecule has 3 heterocycles. The van der Waals surface area contributed by atoms with Crippen molar-refractivity contribution in [3.8, 4) is 0 Å². The molecule has 0 bridgehead atoms. The van der Waals surface area contributed by atoms with Gasteiger partial charge in [-0.3, -0.25) is 9.59 Å². The Morgan fingerprint density at radius 3 is 2.77 bits per heavy atom. The first-order valence-corrected chi connectivity index (χ1v) is 11.3. The van der Waals surface area contributed by atoms with Gasteiger partial charge >= 0.3 is 0 Å². The number of anilines is 1. The molecule has 1 atom stereocenters. The molecule has 8 heteroatoms. The summed E-state index contributed by atoms with van der Waals surface area (Å²) in [6, 6.07) is 9.41. The van der Waals surface area contributed by atoms with Crippen molar-refractivity contribution in [1.82, 2.24) is 10.6 Å². The number of nitrogens with one attached hydrogen (secondary N) is 3. The summed E-state index contributed by atoms with van der Waals surface area (Å²) in [5, 5.41) is 9.39. The van der Waals surface area contributed by atoms with E-state index in [2.05, 4.69) is 41.9 Å². The minimum atomic E-state index is -1.10. The lowest BCUT2D eigenvalue weighted by Crippen LogP contribution is -2.57. The average Bonchev–Trinajstić information content (AvgIpc) is 3.32. The highest BCUT2D eigenvalue weighted by molar-refractivity contribution is 7.18. The quantitative estimate of drug-likeness (QED) is 0.671. The minimum absolute atomic E-state index is 0.0343. The molecule has 0 saturated carbocycles. The first-order chi connectivity index (χ1) is 14.3. The van der Waals surface area contributed by atoms with E-state index in [1.807, 2.05) is 6.07 Å². The third-order valence-electron chi connectivity index (χ3n) is 5.84. The molecule has 2 aromatic rings. The van der Waals surface area contributed by atoms with Crippen LogP contribution in [0, 0.1) is 0 Å². The maximum absolute atomic E-state index is 13.3. The number of hydrogen-bond acceptors (Lipinski definition) is 5. The van der Waals surface area contributed by atoms with E-state index in [4.69, 9.17) is 16.3 Å². The predicted octanol–water partition coefficient (Wildman–Crippen LogP) is 3.35. The zero-order valence-corrected chi connectivity index (χ0v) is 18.7. The topological polar surface area (TPSA) is 79.5 Å². The Kier molecular flexibility index (Phi) is 5.90. The first-order valence-electron chi connectivity index (χ1n) is 10.1. The van der Waals surface area contributed by atoms with E-state index < -0.39 is 5.54 Å². The molecule has 2 aliphatic heterocycles. The third-order valence-corrected chi connectivity index (χ3v) is 7.07. The molecule has 4 rings (SSSR count). The number of hydrogen-bond donors (Lipinski definition) is 3. The van der Waals surface area contributed by atoms with Crippen molar-refractivity contribution in [2.24, 2.45) is 0 Å². The molecule has 2 aliphatic rings. The van der Waals surface area contributed by atoms with Gasteiger partial charge in [0.2, 0.25) is 0 Å². The van der Waals surface area contributed by atoms with Gasteiger partial charge in [0, 0.05) is 30.7 Å². The van der Waals surface area contributed by atoms with Crippen molar-refractivity contribution in [3.63, 3.8) is 0 Å². The second-order valence-electron chi connectivity index (χ2n) is 8.58. The van der Waals surface area contributed by atoms with Crippen molar-refractivity contribution >= 4 is 40.4 Å². The molecule has 0 aliphatic carbocycles. The fourth-order valence-corrected chi connectivity index (χ4v) is 5.03. The molecule has 6 nitrogen and oxygen atoms in total. The van der Waals surface area contributed by atoms with Crippen LogP contribution in [0.4, 0.5) is 5.69 Å². The molecule has 1 aromatic heterocycles. The number of thiophene rings is 1. The number of rotatable bonds is 4. The summed E-state index contributed by atoms with van der Waals surface area (Å²) in [5.41, 5.74) is 2.13. The molecule has 160 valence electrons. The Hall–Kier alpha value is -1.93. The number of halogens is 1. The highest BCUT2D eigenvalue weighted by Crippen LogP contribution is 2.31. The largest absolute Gasteiger partial charge is 0.378 e. The lowest BCUT2D eigenvalue weighted by Gasteiger charge is -2.29. The Labute approximate surface area is 185 Å². The van der Waals surface area contributed by atoms with Gasteiger partial charge in [-0.15, -0.1) is 11.3 Å². The summed E-state index contributed by atoms with van der Waals surface area (Å²) < 4.78 is 6.03. The van der Waals surface area contributed by atoms with Crippen LogP contribution in [0.3, 0.4) is 0 Å². The molecule has 1 saturated heterocycles. The molecule has 3 N–H and O–H groups in total. The van der Waals surface area contributed by atoms with E-state index in [-0.39, 0.29) is 23.8 Å². The van der Waals surface area contributed by atoms with Gasteiger partial charge < -0.3 is 20.7 Å². The van der Waals surface area contributed by atoms with Gasteiger partial charge in [-0.2, -0.15) is 0 Å². The number of amides is 2. The summed E-state index contributed by atoms with van der Waals surface area (Å²) in [5.74, 6) is -0.581. The van der Waals surface area contributed by atoms with Crippen LogP contribution in [0.5, 0.6) is 0 Å². The van der Waals surface area contributed by atoms with E-state index in [0.717, 1.165) is 25.2 Å². The number of carbonyl (C=O) groups is 2. The van der Waals surface area contributed by atoms with E-state index in [1.165, 1.54) is 22.5 Å². The van der Waals surface area contributed by atoms with Gasteiger partial charge in [0.05, 0.1) is 15.8 Å². The van der Waals surface area contributed by atoms with Crippen LogP contribution in [0.15, 0.2) is 30.3 Å². The fourth-order valence-electron chi connectivity index (χ4n) is 4.09. The van der Waals surface area contributed by atoms with Crippen LogP contribution in [0.25, 0.3) is 0 Å². The minimum Gasteiger partial charge on any atom is -0.378 e. The zero-order chi connectivity index (χ0) is 21.4. The Morgan fingerprint density at radius 2 is 2.07 bits per heavy atom. The summed E-state index contributed by atoms with van der Waals surface area (Å²) in [7, 11) is 0. The normalized spacial score (nSPS) is 22.8. The van der Waals surface area contributed by atoms with Gasteiger partial charge in [-0.05, 0) is 48.4 Å². The van der Waals surface area contributed by atoms with Crippen molar-refractivity contribution in [2.75, 3.05) is 31.6 Å². The Balaban J connectivity index is 1.55. The molecule has 1 aromatic carbocycles. The first kappa shape index (κ1) is 21.3. The molecular weight excluding hydrogens is 422 g/mol. The monoisotopic (exact) mass is 447 g/mol. The summed E-state index contributed by atoms with van der Waals surface area (Å²) in [6.07, 6.45) is 1.38. The maximum Gasteiger partial charge on any atom is 0.262 e. The molecule has 0 spiro atoms. The van der Waals surface area contributed by atoms with E-state index in [0.29, 0.717) is 22.2 Å². The standard InChI is InChI=1S/C22H26ClN3O3S/c1-21(2)12-24-9-7-14-3-4-15(11-16(14)21)25-20(28)22(8-10-29-13-22)26-19(27)17-5-6-18(23)30-17/h3-6,11,24H,7-10,12-13H2,1-2H3,(H,25,28)(H,26,27)/t22-/m0/s1. The van der Waals surface area contributed by atoms with Crippen molar-refractivity contribution in [2.45, 2.75) is 37.6 Å². The van der Waals surface area contributed by atoms with Gasteiger partial charge in [0.25, 0.3) is 11.8 Å². The zero-order valence-electron chi connectivity index (χ0n) is 17.1. The second kappa shape index (κ2) is 8.30. The van der Waals surface area contributed by atoms with Crippen LogP contribution in [0.1, 0.15) is 41.1 Å². The van der Waals surface area contributed by atoms with E-state index >= 15 is 0 Å². The SMILES string of the molecule is CC1(C)CNCCc2ccc(NC(=O)[C@]3(NC(=O)c4ccc(Cl)s4)CCOC3)cc21. The van der Waals surface area contributed by atoms with Gasteiger partial charge in [0.1, 0.15) is 5.54 Å². The summed E-state index contributed by atoms with van der Waals surface area (Å²) in [4.78, 5) is 26.4. The molecule has 0 radical (unpaired) electrons. The van der Waals surface area contributed by atoms with Gasteiger partial charge in [-0.1, -0.05) is 31.5 Å². The van der Waals surface area contributed by atoms with Crippen LogP contribution >= 0.6 is 22.9 Å². The fraction of sp³-hybridized carbons (Fsp3) is 0.455. The smallest absolute Gasteiger partial charge is 0.262 e. The van der Waals surface area contributed by atoms with Crippen LogP contribution in [-0.4, -0.2) is 43.7 Å². The number of ether oxygens (including phenoxy) is 1. The van der Waals surface area contributed by atoms with Crippen molar-refractivity contribution in [3.05, 3.63) is 50.7 Å². The van der Waals surface area contributed by atoms with Gasteiger partial charge in [0.15, 0.2) is 0 Å². The van der Waals surface area contributed by atoms with Crippen LogP contribution in [-0.2, 0) is 21.4 Å². The summed E-state index contributed by atoms with van der Waals surface area (Å²) >= 11 is 7.13. The van der Waals surface area contributed by atoms with E-state index in [1.54, 1.807) is 12.1 Å². The van der Waals surface area contributed by atoms with Crippen molar-refractivity contribution < 1.29 is 14.3 Å². The Morgan fingerprint density at radius 1 is 1.23 bits per heavy atom. The van der Waals surface area contributed by atoms with Gasteiger partial charge in [-0.25, -0.2) is 0 Å². The lowest BCUT2D eigenvalue weighted by atomic mass is 9.81. The number of benzene rings is 1. The highest BCUT2D eigenvalue weighted by atomic mass is 35.5. The summed E-state index contributed by atoms with van der Waals surface area (Å²) in [6.45, 7) is 6.80. The number of fused-ring (bicyclic) bond motifs is 1. The molecule has 30 heavy (non-hydrogen) atoms.